The number of nitrogens with zero attached hydrogens (tertiary/aromatic N) is 2. The molecule has 136 valence electrons. The van der Waals surface area contributed by atoms with E-state index >= 15 is 0 Å². The van der Waals surface area contributed by atoms with Gasteiger partial charge in [0.25, 0.3) is 0 Å². The smallest absolute Gasteiger partial charge is 0.248 e. The van der Waals surface area contributed by atoms with Crippen LogP contribution in [0.1, 0.15) is 20.3 Å². The zero-order valence-corrected chi connectivity index (χ0v) is 17.8. The number of thioether (sulfide) groups is 1. The predicted molar refractivity (Wildman–Crippen MR) is 107 cm³/mol. The van der Waals surface area contributed by atoms with Crippen LogP contribution in [0.2, 0.25) is 5.02 Å². The quantitative estimate of drug-likeness (QED) is 0.680. The maximum absolute atomic E-state index is 12.2. The molecule has 0 aromatic heterocycles. The Bertz CT molecular complexity index is 842. The second kappa shape index (κ2) is 7.21. The normalized spacial score (nSPS) is 26.4. The van der Waals surface area contributed by atoms with Crippen molar-refractivity contribution in [2.24, 2.45) is 10.9 Å². The molecule has 0 bridgehead atoms. The molecule has 2 fully saturated rings. The van der Waals surface area contributed by atoms with Crippen LogP contribution in [-0.2, 0) is 14.6 Å². The summed E-state index contributed by atoms with van der Waals surface area (Å²) < 4.78 is 24.9. The number of carbonyl (C=O) groups excluding carboxylic acids is 1. The lowest BCUT2D eigenvalue weighted by Gasteiger charge is -2.25. The molecule has 2 atom stereocenters. The van der Waals surface area contributed by atoms with Crippen LogP contribution in [-0.4, -0.2) is 42.3 Å². The number of benzene rings is 1. The molecule has 0 unspecified atom stereocenters. The van der Waals surface area contributed by atoms with E-state index in [1.165, 1.54) is 11.8 Å². The van der Waals surface area contributed by atoms with Gasteiger partial charge in [-0.15, -0.1) is 0 Å². The molecule has 1 aromatic rings. The average molecular weight is 466 g/mol. The highest BCUT2D eigenvalue weighted by Crippen LogP contribution is 2.43. The Hall–Kier alpha value is -0.570. The summed E-state index contributed by atoms with van der Waals surface area (Å²) in [5.41, 5.74) is 0.679. The van der Waals surface area contributed by atoms with Gasteiger partial charge in [-0.2, -0.15) is 4.99 Å². The molecule has 3 rings (SSSR count). The first kappa shape index (κ1) is 19.2. The summed E-state index contributed by atoms with van der Waals surface area (Å²) in [6, 6.07) is 5.17. The fraction of sp³-hybridized carbons (Fsp3) is 0.500. The zero-order valence-electron chi connectivity index (χ0n) is 13.8. The van der Waals surface area contributed by atoms with Gasteiger partial charge in [0, 0.05) is 16.1 Å². The van der Waals surface area contributed by atoms with E-state index in [9.17, 15) is 13.2 Å². The van der Waals surface area contributed by atoms with Gasteiger partial charge < -0.3 is 4.90 Å². The third-order valence-electron chi connectivity index (χ3n) is 4.04. The van der Waals surface area contributed by atoms with Crippen LogP contribution < -0.4 is 4.90 Å². The van der Waals surface area contributed by atoms with Gasteiger partial charge in [0.15, 0.2) is 15.0 Å². The number of anilines is 1. The lowest BCUT2D eigenvalue weighted by atomic mass is 10.1. The summed E-state index contributed by atoms with van der Waals surface area (Å²) in [5, 5.41) is 0.902. The molecule has 0 saturated carbocycles. The van der Waals surface area contributed by atoms with E-state index in [4.69, 9.17) is 11.6 Å². The standard InChI is InChI=1S/C16H18BrClN2O3S2/c1-9(2)5-15(21)19-16-20(12-4-3-10(17)6-11(12)18)13-7-25(22,23)8-14(13)24-16/h3-4,6,9,13-14H,5,7-8H2,1-2H3/t13-,14+/m0/s1. The Balaban J connectivity index is 2.01. The Morgan fingerprint density at radius 3 is 2.80 bits per heavy atom. The van der Waals surface area contributed by atoms with E-state index in [0.717, 1.165) is 4.47 Å². The molecule has 1 aromatic carbocycles. The maximum Gasteiger partial charge on any atom is 0.248 e. The van der Waals surface area contributed by atoms with Crippen LogP contribution in [0, 0.1) is 5.92 Å². The summed E-state index contributed by atoms with van der Waals surface area (Å²) in [6.45, 7) is 3.93. The SMILES string of the molecule is CC(C)CC(=O)N=C1S[C@@H]2CS(=O)(=O)C[C@@H]2N1c1ccc(Br)cc1Cl. The monoisotopic (exact) mass is 464 g/mol. The number of rotatable bonds is 3. The van der Waals surface area contributed by atoms with Gasteiger partial charge in [0.1, 0.15) is 0 Å². The van der Waals surface area contributed by atoms with Crippen molar-refractivity contribution >= 4 is 65.9 Å². The van der Waals surface area contributed by atoms with Crippen molar-refractivity contribution in [2.45, 2.75) is 31.6 Å². The fourth-order valence-corrected chi connectivity index (χ4v) is 7.71. The number of amidine groups is 1. The molecule has 5 nitrogen and oxygen atoms in total. The van der Waals surface area contributed by atoms with Gasteiger partial charge in [-0.25, -0.2) is 8.42 Å². The van der Waals surface area contributed by atoms with Crippen molar-refractivity contribution in [3.8, 4) is 0 Å². The van der Waals surface area contributed by atoms with Crippen LogP contribution in [0.3, 0.4) is 0 Å². The molecule has 0 radical (unpaired) electrons. The number of amides is 1. The van der Waals surface area contributed by atoms with Gasteiger partial charge in [-0.05, 0) is 24.1 Å². The summed E-state index contributed by atoms with van der Waals surface area (Å²) in [4.78, 5) is 18.3. The van der Waals surface area contributed by atoms with Gasteiger partial charge >= 0.3 is 0 Å². The van der Waals surface area contributed by atoms with Crippen molar-refractivity contribution in [1.29, 1.82) is 0 Å². The molecule has 25 heavy (non-hydrogen) atoms. The van der Waals surface area contributed by atoms with Gasteiger partial charge in [-0.1, -0.05) is 53.1 Å². The molecule has 9 heteroatoms. The Kier molecular flexibility index (Phi) is 5.54. The number of fused-ring (bicyclic) bond motifs is 1. The minimum Gasteiger partial charge on any atom is -0.314 e. The summed E-state index contributed by atoms with van der Waals surface area (Å²) in [5.74, 6) is 0.171. The summed E-state index contributed by atoms with van der Waals surface area (Å²) in [7, 11) is -3.09. The van der Waals surface area contributed by atoms with Crippen LogP contribution in [0.5, 0.6) is 0 Å². The highest BCUT2D eigenvalue weighted by atomic mass is 79.9. The molecular formula is C16H18BrClN2O3S2. The van der Waals surface area contributed by atoms with Crippen LogP contribution in [0.15, 0.2) is 27.7 Å². The van der Waals surface area contributed by atoms with E-state index in [2.05, 4.69) is 20.9 Å². The second-order valence-electron chi connectivity index (χ2n) is 6.65. The maximum atomic E-state index is 12.2. The van der Waals surface area contributed by atoms with E-state index in [1.807, 2.05) is 30.9 Å². The van der Waals surface area contributed by atoms with Crippen molar-refractivity contribution < 1.29 is 13.2 Å². The Morgan fingerprint density at radius 1 is 1.44 bits per heavy atom. The third-order valence-corrected chi connectivity index (χ3v) is 8.04. The topological polar surface area (TPSA) is 66.8 Å². The largest absolute Gasteiger partial charge is 0.314 e. The highest BCUT2D eigenvalue weighted by Gasteiger charge is 2.49. The fourth-order valence-electron chi connectivity index (χ4n) is 3.02. The first-order chi connectivity index (χ1) is 11.7. The van der Waals surface area contributed by atoms with Crippen LogP contribution in [0.4, 0.5) is 5.69 Å². The predicted octanol–water partition coefficient (Wildman–Crippen LogP) is 3.75. The van der Waals surface area contributed by atoms with Crippen molar-refractivity contribution in [1.82, 2.24) is 0 Å². The van der Waals surface area contributed by atoms with Crippen molar-refractivity contribution in [2.75, 3.05) is 16.4 Å². The molecule has 0 spiro atoms. The Labute approximate surface area is 165 Å². The van der Waals surface area contributed by atoms with Crippen molar-refractivity contribution in [3.63, 3.8) is 0 Å². The number of halogens is 2. The lowest BCUT2D eigenvalue weighted by molar-refractivity contribution is -0.118. The van der Waals surface area contributed by atoms with Gasteiger partial charge in [0.2, 0.25) is 5.91 Å². The van der Waals surface area contributed by atoms with Crippen molar-refractivity contribution in [3.05, 3.63) is 27.7 Å². The van der Waals surface area contributed by atoms with Crippen LogP contribution in [0.25, 0.3) is 0 Å². The highest BCUT2D eigenvalue weighted by molar-refractivity contribution is 9.10. The first-order valence-corrected chi connectivity index (χ1v) is 11.8. The average Bonchev–Trinajstić information content (AvgIpc) is 2.90. The molecule has 2 aliphatic rings. The Morgan fingerprint density at radius 2 is 2.16 bits per heavy atom. The molecule has 0 N–H and O–H groups in total. The molecule has 0 aliphatic carbocycles. The molecule has 2 aliphatic heterocycles. The number of carbonyl (C=O) groups is 1. The second-order valence-corrected chi connectivity index (χ2v) is 11.3. The minimum atomic E-state index is -3.09. The number of hydrogen-bond acceptors (Lipinski definition) is 4. The first-order valence-electron chi connectivity index (χ1n) is 7.89. The van der Waals surface area contributed by atoms with E-state index < -0.39 is 9.84 Å². The summed E-state index contributed by atoms with van der Waals surface area (Å²) in [6.07, 6.45) is 0.361. The van der Waals surface area contributed by atoms with Gasteiger partial charge in [-0.3, -0.25) is 4.79 Å². The van der Waals surface area contributed by atoms with E-state index in [0.29, 0.717) is 22.3 Å². The number of aliphatic imine (C=N–C) groups is 1. The lowest BCUT2D eigenvalue weighted by Crippen LogP contribution is -2.38. The van der Waals surface area contributed by atoms with E-state index in [-0.39, 0.29) is 34.6 Å². The third kappa shape index (κ3) is 4.23. The molecule has 1 amide bonds. The summed E-state index contributed by atoms with van der Waals surface area (Å²) >= 11 is 11.1. The van der Waals surface area contributed by atoms with Gasteiger partial charge in [0.05, 0.1) is 28.3 Å². The number of sulfone groups is 1. The van der Waals surface area contributed by atoms with Crippen LogP contribution >= 0.6 is 39.3 Å². The molecule has 2 saturated heterocycles. The number of hydrogen-bond donors (Lipinski definition) is 0. The zero-order chi connectivity index (χ0) is 18.4. The van der Waals surface area contributed by atoms with E-state index in [1.54, 1.807) is 6.07 Å². The molecular weight excluding hydrogens is 448 g/mol. The minimum absolute atomic E-state index is 0.0501. The molecule has 2 heterocycles.